The van der Waals surface area contributed by atoms with Crippen molar-refractivity contribution in [3.05, 3.63) is 101 Å². The van der Waals surface area contributed by atoms with Crippen LogP contribution >= 0.6 is 0 Å². The van der Waals surface area contributed by atoms with Crippen LogP contribution in [-0.4, -0.2) is 31.7 Å². The topological polar surface area (TPSA) is 92.4 Å². The van der Waals surface area contributed by atoms with Crippen LogP contribution in [-0.2, 0) is 6.54 Å². The first-order chi connectivity index (χ1) is 15.4. The van der Waals surface area contributed by atoms with Gasteiger partial charge in [0.2, 0.25) is 0 Å². The number of rotatable bonds is 6. The molecule has 6 nitrogen and oxygen atoms in total. The summed E-state index contributed by atoms with van der Waals surface area (Å²) in [6.45, 7) is 1.99. The molecule has 7 heteroatoms. The second-order valence-electron chi connectivity index (χ2n) is 7.35. The van der Waals surface area contributed by atoms with Gasteiger partial charge in [-0.3, -0.25) is 0 Å². The number of aryl methyl sites for hydroxylation is 1. The maximum absolute atomic E-state index is 13.5. The minimum atomic E-state index is -1.30. The van der Waals surface area contributed by atoms with Crippen LogP contribution < -0.4 is 0 Å². The number of carbonyl (C=O) groups is 2. The van der Waals surface area contributed by atoms with Crippen molar-refractivity contribution in [1.82, 2.24) is 9.55 Å². The van der Waals surface area contributed by atoms with Gasteiger partial charge in [0.05, 0.1) is 11.1 Å². The number of halogens is 1. The summed E-state index contributed by atoms with van der Waals surface area (Å²) >= 11 is 0. The molecule has 4 aromatic rings. The Kier molecular flexibility index (Phi) is 5.55. The van der Waals surface area contributed by atoms with E-state index in [1.54, 1.807) is 17.7 Å². The van der Waals surface area contributed by atoms with E-state index in [9.17, 15) is 24.2 Å². The fourth-order valence-electron chi connectivity index (χ4n) is 3.84. The Morgan fingerprint density at radius 2 is 1.62 bits per heavy atom. The first-order valence-corrected chi connectivity index (χ1v) is 9.82. The number of hydrogen-bond donors (Lipinski definition) is 2. The van der Waals surface area contributed by atoms with Crippen molar-refractivity contribution in [3.63, 3.8) is 0 Å². The number of benzene rings is 3. The summed E-state index contributed by atoms with van der Waals surface area (Å²) in [6.07, 6.45) is 3.19. The minimum absolute atomic E-state index is 0.0188. The van der Waals surface area contributed by atoms with Gasteiger partial charge in [-0.05, 0) is 47.4 Å². The van der Waals surface area contributed by atoms with Gasteiger partial charge in [0.25, 0.3) is 0 Å². The van der Waals surface area contributed by atoms with Gasteiger partial charge in [0.1, 0.15) is 11.6 Å². The van der Waals surface area contributed by atoms with E-state index >= 15 is 0 Å². The third-order valence-corrected chi connectivity index (χ3v) is 5.24. The standard InChI is InChI=1S/C25H19FN2O4/c1-15-13-19(17-7-9-18(26)10-8-17)21(25(31)32)22(20(15)24(29)30)23-27-11-12-28(23)14-16-5-3-2-4-6-16/h2-13H,14H2,1H3,(H,29,30)(H,31,32). The summed E-state index contributed by atoms with van der Waals surface area (Å²) in [5, 5.41) is 20.1. The van der Waals surface area contributed by atoms with Crippen LogP contribution in [0.15, 0.2) is 73.1 Å². The Bertz CT molecular complexity index is 1310. The van der Waals surface area contributed by atoms with Crippen LogP contribution in [0.3, 0.4) is 0 Å². The zero-order valence-corrected chi connectivity index (χ0v) is 17.1. The molecule has 0 unspecified atom stereocenters. The molecule has 0 amide bonds. The van der Waals surface area contributed by atoms with Gasteiger partial charge in [-0.1, -0.05) is 42.5 Å². The average molecular weight is 430 g/mol. The second-order valence-corrected chi connectivity index (χ2v) is 7.35. The highest BCUT2D eigenvalue weighted by atomic mass is 19.1. The molecule has 160 valence electrons. The lowest BCUT2D eigenvalue weighted by molar-refractivity contribution is 0.0695. The molecule has 0 saturated carbocycles. The third kappa shape index (κ3) is 3.88. The van der Waals surface area contributed by atoms with Gasteiger partial charge in [-0.15, -0.1) is 0 Å². The van der Waals surface area contributed by atoms with Gasteiger partial charge in [0.15, 0.2) is 0 Å². The highest BCUT2D eigenvalue weighted by Gasteiger charge is 2.29. The molecule has 0 atom stereocenters. The summed E-state index contributed by atoms with van der Waals surface area (Å²) in [7, 11) is 0. The van der Waals surface area contributed by atoms with E-state index in [1.165, 1.54) is 36.5 Å². The molecule has 0 aliphatic rings. The van der Waals surface area contributed by atoms with Gasteiger partial charge >= 0.3 is 11.9 Å². The van der Waals surface area contributed by atoms with E-state index in [-0.39, 0.29) is 22.5 Å². The highest BCUT2D eigenvalue weighted by molar-refractivity contribution is 6.09. The van der Waals surface area contributed by atoms with Gasteiger partial charge in [-0.25, -0.2) is 19.0 Å². The first kappa shape index (κ1) is 21.0. The Hall–Kier alpha value is -4.26. The molecule has 0 fully saturated rings. The minimum Gasteiger partial charge on any atom is -0.478 e. The van der Waals surface area contributed by atoms with E-state index in [4.69, 9.17) is 0 Å². The highest BCUT2D eigenvalue weighted by Crippen LogP contribution is 2.37. The number of aromatic nitrogens is 2. The molecule has 0 saturated heterocycles. The molecule has 1 aromatic heterocycles. The summed E-state index contributed by atoms with van der Waals surface area (Å²) in [5.41, 5.74) is 1.78. The molecule has 0 radical (unpaired) electrons. The molecule has 0 spiro atoms. The van der Waals surface area contributed by atoms with Gasteiger partial charge in [-0.2, -0.15) is 0 Å². The first-order valence-electron chi connectivity index (χ1n) is 9.82. The van der Waals surface area contributed by atoms with Crippen LogP contribution in [0.4, 0.5) is 4.39 Å². The van der Waals surface area contributed by atoms with Crippen molar-refractivity contribution in [2.45, 2.75) is 13.5 Å². The molecular weight excluding hydrogens is 411 g/mol. The number of carboxylic acid groups (broad SMARTS) is 2. The van der Waals surface area contributed by atoms with Crippen LogP contribution in [0.5, 0.6) is 0 Å². The van der Waals surface area contributed by atoms with E-state index in [0.717, 1.165) is 5.56 Å². The largest absolute Gasteiger partial charge is 0.478 e. The van der Waals surface area contributed by atoms with Crippen molar-refractivity contribution >= 4 is 11.9 Å². The molecular formula is C25H19FN2O4. The van der Waals surface area contributed by atoms with E-state index < -0.39 is 17.8 Å². The maximum atomic E-state index is 13.5. The fraction of sp³-hybridized carbons (Fsp3) is 0.0800. The maximum Gasteiger partial charge on any atom is 0.337 e. The predicted molar refractivity (Wildman–Crippen MR) is 117 cm³/mol. The number of hydrogen-bond acceptors (Lipinski definition) is 3. The number of nitrogens with zero attached hydrogens (tertiary/aromatic N) is 2. The zero-order valence-electron chi connectivity index (χ0n) is 17.1. The summed E-state index contributed by atoms with van der Waals surface area (Å²) < 4.78 is 15.2. The van der Waals surface area contributed by atoms with E-state index in [2.05, 4.69) is 4.98 Å². The second kappa shape index (κ2) is 8.47. The lowest BCUT2D eigenvalue weighted by Crippen LogP contribution is -2.14. The SMILES string of the molecule is Cc1cc(-c2ccc(F)cc2)c(C(=O)O)c(-c2nccn2Cc2ccccc2)c1C(=O)O. The van der Waals surface area contributed by atoms with Crippen LogP contribution in [0.2, 0.25) is 0 Å². The van der Waals surface area contributed by atoms with Crippen molar-refractivity contribution in [1.29, 1.82) is 0 Å². The lowest BCUT2D eigenvalue weighted by atomic mass is 9.88. The molecule has 2 N–H and O–H groups in total. The van der Waals surface area contributed by atoms with Crippen molar-refractivity contribution in [3.8, 4) is 22.5 Å². The van der Waals surface area contributed by atoms with E-state index in [1.807, 2.05) is 30.3 Å². The summed E-state index contributed by atoms with van der Waals surface area (Å²) in [5.74, 6) is -2.77. The average Bonchev–Trinajstić information content (AvgIpc) is 3.21. The Labute approximate surface area is 183 Å². The van der Waals surface area contributed by atoms with Crippen molar-refractivity contribution < 1.29 is 24.2 Å². The number of carboxylic acids is 2. The number of aromatic carboxylic acids is 2. The van der Waals surface area contributed by atoms with Gasteiger partial charge in [0, 0.05) is 24.5 Å². The smallest absolute Gasteiger partial charge is 0.337 e. The van der Waals surface area contributed by atoms with E-state index in [0.29, 0.717) is 23.2 Å². The molecule has 3 aromatic carbocycles. The molecule has 0 bridgehead atoms. The van der Waals surface area contributed by atoms with Crippen LogP contribution in [0, 0.1) is 12.7 Å². The molecule has 0 aliphatic heterocycles. The number of imidazole rings is 1. The fourth-order valence-corrected chi connectivity index (χ4v) is 3.84. The third-order valence-electron chi connectivity index (χ3n) is 5.24. The predicted octanol–water partition coefficient (Wildman–Crippen LogP) is 5.11. The zero-order chi connectivity index (χ0) is 22.8. The molecule has 0 aliphatic carbocycles. The normalized spacial score (nSPS) is 10.8. The molecule has 4 rings (SSSR count). The Morgan fingerprint density at radius 3 is 2.25 bits per heavy atom. The Balaban J connectivity index is 2.01. The van der Waals surface area contributed by atoms with Crippen molar-refractivity contribution in [2.75, 3.05) is 0 Å². The molecule has 32 heavy (non-hydrogen) atoms. The molecule has 1 heterocycles. The lowest BCUT2D eigenvalue weighted by Gasteiger charge is -2.18. The summed E-state index contributed by atoms with van der Waals surface area (Å²) in [4.78, 5) is 29.0. The van der Waals surface area contributed by atoms with Crippen LogP contribution in [0.25, 0.3) is 22.5 Å². The van der Waals surface area contributed by atoms with Crippen molar-refractivity contribution in [2.24, 2.45) is 0 Å². The van der Waals surface area contributed by atoms with Crippen LogP contribution in [0.1, 0.15) is 31.8 Å². The monoisotopic (exact) mass is 430 g/mol. The van der Waals surface area contributed by atoms with Gasteiger partial charge < -0.3 is 14.8 Å². The Morgan fingerprint density at radius 1 is 0.969 bits per heavy atom. The summed E-state index contributed by atoms with van der Waals surface area (Å²) in [6, 6.07) is 16.4. The quantitative estimate of drug-likeness (QED) is 0.444.